The lowest BCUT2D eigenvalue weighted by atomic mass is 9.92. The summed E-state index contributed by atoms with van der Waals surface area (Å²) in [7, 11) is 1.70. The van der Waals surface area contributed by atoms with Crippen molar-refractivity contribution >= 4 is 17.9 Å². The van der Waals surface area contributed by atoms with Crippen molar-refractivity contribution in [2.75, 3.05) is 33.2 Å². The zero-order valence-corrected chi connectivity index (χ0v) is 12.8. The van der Waals surface area contributed by atoms with Crippen LogP contribution < -0.4 is 5.32 Å². The first-order valence-electron chi connectivity index (χ1n) is 7.42. The van der Waals surface area contributed by atoms with Crippen LogP contribution in [0.15, 0.2) is 0 Å². The maximum atomic E-state index is 11.9. The summed E-state index contributed by atoms with van der Waals surface area (Å²) in [6, 6.07) is -0.218. The van der Waals surface area contributed by atoms with Crippen LogP contribution in [-0.2, 0) is 9.59 Å². The molecule has 7 heteroatoms. The van der Waals surface area contributed by atoms with E-state index in [1.54, 1.807) is 16.8 Å². The summed E-state index contributed by atoms with van der Waals surface area (Å²) in [5.41, 5.74) is 0. The molecule has 0 radical (unpaired) electrons. The number of urea groups is 1. The van der Waals surface area contributed by atoms with E-state index < -0.39 is 5.97 Å². The van der Waals surface area contributed by atoms with Crippen molar-refractivity contribution in [1.29, 1.82) is 0 Å². The summed E-state index contributed by atoms with van der Waals surface area (Å²) < 4.78 is 0. The Morgan fingerprint density at radius 3 is 2.43 bits per heavy atom. The van der Waals surface area contributed by atoms with Crippen LogP contribution in [0.25, 0.3) is 0 Å². The third kappa shape index (κ3) is 6.01. The zero-order chi connectivity index (χ0) is 15.8. The first-order chi connectivity index (χ1) is 9.93. The van der Waals surface area contributed by atoms with Gasteiger partial charge >= 0.3 is 12.0 Å². The number of likely N-dealkylation sites (N-methyl/N-ethyl adjacent to an activating group) is 1. The van der Waals surface area contributed by atoms with E-state index in [-0.39, 0.29) is 24.9 Å². The fraction of sp³-hybridized carbons (Fsp3) is 0.786. The molecular weight excluding hydrogens is 274 g/mol. The molecule has 120 valence electrons. The second-order valence-electron chi connectivity index (χ2n) is 5.43. The highest BCUT2D eigenvalue weighted by atomic mass is 16.4. The third-order valence-electron chi connectivity index (χ3n) is 3.96. The minimum Gasteiger partial charge on any atom is -0.481 e. The van der Waals surface area contributed by atoms with Gasteiger partial charge in [-0.1, -0.05) is 0 Å². The first kappa shape index (κ1) is 17.3. The highest BCUT2D eigenvalue weighted by Gasteiger charge is 2.23. The van der Waals surface area contributed by atoms with Gasteiger partial charge in [0, 0.05) is 33.1 Å². The van der Waals surface area contributed by atoms with Gasteiger partial charge in [0.1, 0.15) is 0 Å². The Hall–Kier alpha value is -1.79. The van der Waals surface area contributed by atoms with Crippen LogP contribution in [0, 0.1) is 5.92 Å². The van der Waals surface area contributed by atoms with Crippen LogP contribution in [0.5, 0.6) is 0 Å². The molecule has 0 aliphatic carbocycles. The number of hydrogen-bond donors (Lipinski definition) is 2. The van der Waals surface area contributed by atoms with Crippen molar-refractivity contribution in [2.45, 2.75) is 32.6 Å². The largest absolute Gasteiger partial charge is 0.481 e. The molecule has 0 aromatic heterocycles. The van der Waals surface area contributed by atoms with E-state index >= 15 is 0 Å². The van der Waals surface area contributed by atoms with Crippen molar-refractivity contribution < 1.29 is 19.5 Å². The molecule has 2 N–H and O–H groups in total. The number of piperidine rings is 1. The minimum absolute atomic E-state index is 0.0160. The molecule has 0 unspecified atom stereocenters. The van der Waals surface area contributed by atoms with E-state index in [4.69, 9.17) is 5.11 Å². The number of likely N-dealkylation sites (tertiary alicyclic amines) is 1. The number of carbonyl (C=O) groups excluding carboxylic acids is 2. The molecular formula is C14H25N3O4. The predicted molar refractivity (Wildman–Crippen MR) is 77.9 cm³/mol. The van der Waals surface area contributed by atoms with Crippen LogP contribution in [0.1, 0.15) is 32.6 Å². The molecule has 1 fully saturated rings. The Morgan fingerprint density at radius 2 is 1.90 bits per heavy atom. The van der Waals surface area contributed by atoms with Gasteiger partial charge in [-0.2, -0.15) is 0 Å². The maximum absolute atomic E-state index is 11.9. The molecule has 0 atom stereocenters. The normalized spacial score (nSPS) is 15.6. The maximum Gasteiger partial charge on any atom is 0.317 e. The molecule has 7 nitrogen and oxygen atoms in total. The van der Waals surface area contributed by atoms with Crippen molar-refractivity contribution in [1.82, 2.24) is 15.1 Å². The summed E-state index contributed by atoms with van der Waals surface area (Å²) >= 11 is 0. The lowest BCUT2D eigenvalue weighted by Crippen LogP contribution is -2.47. The Balaban J connectivity index is 2.25. The van der Waals surface area contributed by atoms with Gasteiger partial charge in [0.15, 0.2) is 0 Å². The van der Waals surface area contributed by atoms with Gasteiger partial charge in [-0.15, -0.1) is 0 Å². The van der Waals surface area contributed by atoms with Gasteiger partial charge in [-0.3, -0.25) is 9.59 Å². The summed E-state index contributed by atoms with van der Waals surface area (Å²) in [4.78, 5) is 37.3. The Bertz CT molecular complexity index is 378. The van der Waals surface area contributed by atoms with E-state index in [0.717, 1.165) is 12.8 Å². The van der Waals surface area contributed by atoms with E-state index in [2.05, 4.69) is 5.32 Å². The van der Waals surface area contributed by atoms with Crippen LogP contribution >= 0.6 is 0 Å². The van der Waals surface area contributed by atoms with Crippen LogP contribution in [0.4, 0.5) is 4.79 Å². The average molecular weight is 299 g/mol. The lowest BCUT2D eigenvalue weighted by Gasteiger charge is -2.32. The fourth-order valence-corrected chi connectivity index (χ4v) is 2.33. The molecule has 0 bridgehead atoms. The minimum atomic E-state index is -0.770. The van der Waals surface area contributed by atoms with E-state index in [0.29, 0.717) is 32.0 Å². The SMILES string of the molecule is CCN(C)C(=O)CNC(=O)N1CCC(CCC(=O)O)CC1. The Morgan fingerprint density at radius 1 is 1.29 bits per heavy atom. The number of carboxylic acids is 1. The third-order valence-corrected chi connectivity index (χ3v) is 3.96. The predicted octanol–water partition coefficient (Wildman–Crippen LogP) is 0.751. The monoisotopic (exact) mass is 299 g/mol. The number of rotatable bonds is 6. The first-order valence-corrected chi connectivity index (χ1v) is 7.42. The standard InChI is InChI=1S/C14H25N3O4/c1-3-16(2)12(18)10-15-14(21)17-8-6-11(7-9-17)4-5-13(19)20/h11H,3-10H2,1-2H3,(H,15,21)(H,19,20). The van der Waals surface area contributed by atoms with Gasteiger partial charge in [-0.25, -0.2) is 4.79 Å². The molecule has 1 saturated heterocycles. The Kier molecular flexibility index (Phi) is 6.98. The molecule has 1 aliphatic rings. The van der Waals surface area contributed by atoms with Crippen molar-refractivity contribution in [3.05, 3.63) is 0 Å². The van der Waals surface area contributed by atoms with E-state index in [1.165, 1.54) is 0 Å². The zero-order valence-electron chi connectivity index (χ0n) is 12.8. The summed E-state index contributed by atoms with van der Waals surface area (Å²) in [6.07, 6.45) is 2.51. The van der Waals surface area contributed by atoms with Crippen molar-refractivity contribution in [2.24, 2.45) is 5.92 Å². The summed E-state index contributed by atoms with van der Waals surface area (Å²) in [5.74, 6) is -0.506. The summed E-state index contributed by atoms with van der Waals surface area (Å²) in [5, 5.41) is 11.3. The van der Waals surface area contributed by atoms with E-state index in [1.807, 2.05) is 6.92 Å². The second-order valence-corrected chi connectivity index (χ2v) is 5.43. The van der Waals surface area contributed by atoms with Gasteiger partial charge < -0.3 is 20.2 Å². The molecule has 1 rings (SSSR count). The Labute approximate surface area is 125 Å². The van der Waals surface area contributed by atoms with Gasteiger partial charge in [0.05, 0.1) is 6.54 Å². The molecule has 0 aromatic rings. The van der Waals surface area contributed by atoms with Crippen LogP contribution in [0.3, 0.4) is 0 Å². The fourth-order valence-electron chi connectivity index (χ4n) is 2.33. The number of amides is 3. The molecule has 0 saturated carbocycles. The van der Waals surface area contributed by atoms with Crippen LogP contribution in [0.2, 0.25) is 0 Å². The second kappa shape index (κ2) is 8.49. The molecule has 1 heterocycles. The molecule has 0 spiro atoms. The molecule has 1 aliphatic heterocycles. The van der Waals surface area contributed by atoms with Gasteiger partial charge in [-0.05, 0) is 32.1 Å². The number of nitrogens with one attached hydrogen (secondary N) is 1. The topological polar surface area (TPSA) is 90.0 Å². The van der Waals surface area contributed by atoms with Gasteiger partial charge in [0.25, 0.3) is 0 Å². The van der Waals surface area contributed by atoms with E-state index in [9.17, 15) is 14.4 Å². The number of aliphatic carboxylic acids is 1. The highest BCUT2D eigenvalue weighted by molar-refractivity contribution is 5.83. The van der Waals surface area contributed by atoms with Crippen LogP contribution in [-0.4, -0.2) is 66.0 Å². The highest BCUT2D eigenvalue weighted by Crippen LogP contribution is 2.21. The number of carboxylic acid groups (broad SMARTS) is 1. The van der Waals surface area contributed by atoms with Crippen molar-refractivity contribution in [3.63, 3.8) is 0 Å². The van der Waals surface area contributed by atoms with Gasteiger partial charge in [0.2, 0.25) is 5.91 Å². The summed E-state index contributed by atoms with van der Waals surface area (Å²) in [6.45, 7) is 3.75. The van der Waals surface area contributed by atoms with Crippen molar-refractivity contribution in [3.8, 4) is 0 Å². The smallest absolute Gasteiger partial charge is 0.317 e. The number of hydrogen-bond acceptors (Lipinski definition) is 3. The lowest BCUT2D eigenvalue weighted by molar-refractivity contribution is -0.137. The molecule has 3 amide bonds. The molecule has 0 aromatic carbocycles. The number of nitrogens with zero attached hydrogens (tertiary/aromatic N) is 2. The molecule has 21 heavy (non-hydrogen) atoms. The average Bonchev–Trinajstić information content (AvgIpc) is 2.49. The number of carbonyl (C=O) groups is 3. The quantitative estimate of drug-likeness (QED) is 0.757.